The van der Waals surface area contributed by atoms with Crippen LogP contribution in [0.1, 0.15) is 36.0 Å². The number of pyridine rings is 1. The van der Waals surface area contributed by atoms with Crippen molar-refractivity contribution < 1.29 is 14.3 Å². The molecule has 0 bridgehead atoms. The normalized spacial score (nSPS) is 15.7. The lowest BCUT2D eigenvalue weighted by atomic mass is 10.3. The van der Waals surface area contributed by atoms with Gasteiger partial charge in [0.05, 0.1) is 19.8 Å². The largest absolute Gasteiger partial charge is 0.481 e. The van der Waals surface area contributed by atoms with Crippen molar-refractivity contribution in [1.29, 1.82) is 0 Å². The van der Waals surface area contributed by atoms with Crippen molar-refractivity contribution in [3.63, 3.8) is 0 Å². The molecule has 2 rings (SSSR count). The summed E-state index contributed by atoms with van der Waals surface area (Å²) in [5.74, 6) is 0.189. The van der Waals surface area contributed by atoms with Gasteiger partial charge in [0.25, 0.3) is 0 Å². The van der Waals surface area contributed by atoms with E-state index in [1.807, 2.05) is 0 Å². The molecule has 1 aliphatic rings. The van der Waals surface area contributed by atoms with E-state index in [9.17, 15) is 4.79 Å². The predicted octanol–water partition coefficient (Wildman–Crippen LogP) is 2.91. The number of carbonyl (C=O) groups excluding carboxylic acids is 1. The minimum Gasteiger partial charge on any atom is -0.481 e. The van der Waals surface area contributed by atoms with E-state index >= 15 is 0 Å². The smallest absolute Gasteiger partial charge is 0.340 e. The number of esters is 1. The Balaban J connectivity index is 2.24. The van der Waals surface area contributed by atoms with Crippen molar-refractivity contribution in [2.24, 2.45) is 0 Å². The number of ether oxygens (including phenoxy) is 2. The van der Waals surface area contributed by atoms with Crippen molar-refractivity contribution in [3.8, 4) is 5.88 Å². The van der Waals surface area contributed by atoms with E-state index < -0.39 is 0 Å². The molecule has 0 radical (unpaired) electrons. The predicted molar refractivity (Wildman–Crippen MR) is 70.2 cm³/mol. The van der Waals surface area contributed by atoms with Crippen LogP contribution >= 0.6 is 11.8 Å². The molecule has 1 heterocycles. The number of thioether (sulfide) groups is 1. The van der Waals surface area contributed by atoms with E-state index in [2.05, 4.69) is 4.98 Å². The van der Waals surface area contributed by atoms with E-state index in [1.165, 1.54) is 32.8 Å². The van der Waals surface area contributed by atoms with E-state index in [0.29, 0.717) is 21.7 Å². The lowest BCUT2D eigenvalue weighted by Gasteiger charge is -2.12. The number of aromatic nitrogens is 1. The summed E-state index contributed by atoms with van der Waals surface area (Å²) in [6.07, 6.45) is 4.89. The Hall–Kier alpha value is -1.23. The molecule has 0 aromatic carbocycles. The van der Waals surface area contributed by atoms with Crippen LogP contribution in [0.4, 0.5) is 0 Å². The Labute approximate surface area is 111 Å². The molecular formula is C13H17NO3S. The number of rotatable bonds is 4. The van der Waals surface area contributed by atoms with Crippen molar-refractivity contribution in [2.75, 3.05) is 14.2 Å². The SMILES string of the molecule is COC(=O)c1ccc(OC)nc1SC1CCCC1. The van der Waals surface area contributed by atoms with E-state index in [1.54, 1.807) is 31.0 Å². The van der Waals surface area contributed by atoms with Crippen LogP contribution in [0.25, 0.3) is 0 Å². The van der Waals surface area contributed by atoms with Crippen LogP contribution in [0, 0.1) is 0 Å². The fourth-order valence-electron chi connectivity index (χ4n) is 2.06. The molecule has 1 saturated carbocycles. The summed E-state index contributed by atoms with van der Waals surface area (Å²) < 4.78 is 9.89. The molecule has 0 aliphatic heterocycles. The number of hydrogen-bond donors (Lipinski definition) is 0. The van der Waals surface area contributed by atoms with Crippen LogP contribution in [-0.4, -0.2) is 30.4 Å². The van der Waals surface area contributed by atoms with Crippen LogP contribution in [-0.2, 0) is 4.74 Å². The van der Waals surface area contributed by atoms with E-state index in [-0.39, 0.29) is 5.97 Å². The molecule has 5 heteroatoms. The average molecular weight is 267 g/mol. The summed E-state index contributed by atoms with van der Waals surface area (Å²) >= 11 is 1.66. The zero-order valence-electron chi connectivity index (χ0n) is 10.6. The van der Waals surface area contributed by atoms with Crippen LogP contribution in [0.2, 0.25) is 0 Å². The van der Waals surface area contributed by atoms with Gasteiger partial charge in [0.15, 0.2) is 0 Å². The molecule has 0 amide bonds. The molecule has 1 aliphatic carbocycles. The van der Waals surface area contributed by atoms with Gasteiger partial charge in [-0.2, -0.15) is 0 Å². The monoisotopic (exact) mass is 267 g/mol. The lowest BCUT2D eigenvalue weighted by molar-refractivity contribution is 0.0595. The van der Waals surface area contributed by atoms with Gasteiger partial charge in [-0.3, -0.25) is 0 Å². The molecule has 18 heavy (non-hydrogen) atoms. The summed E-state index contributed by atoms with van der Waals surface area (Å²) in [6.45, 7) is 0. The maximum atomic E-state index is 11.7. The zero-order chi connectivity index (χ0) is 13.0. The summed E-state index contributed by atoms with van der Waals surface area (Å²) in [5.41, 5.74) is 0.523. The van der Waals surface area contributed by atoms with Crippen LogP contribution in [0.5, 0.6) is 5.88 Å². The highest BCUT2D eigenvalue weighted by Crippen LogP contribution is 2.36. The van der Waals surface area contributed by atoms with Crippen molar-refractivity contribution in [3.05, 3.63) is 17.7 Å². The Morgan fingerprint density at radius 2 is 2.06 bits per heavy atom. The molecule has 4 nitrogen and oxygen atoms in total. The fourth-order valence-corrected chi connectivity index (χ4v) is 3.36. The first kappa shape index (κ1) is 13.2. The van der Waals surface area contributed by atoms with Gasteiger partial charge in [-0.05, 0) is 18.9 Å². The molecule has 0 spiro atoms. The minimum atomic E-state index is -0.342. The van der Waals surface area contributed by atoms with E-state index in [4.69, 9.17) is 9.47 Å². The number of hydrogen-bond acceptors (Lipinski definition) is 5. The Bertz CT molecular complexity index is 430. The van der Waals surface area contributed by atoms with Crippen LogP contribution < -0.4 is 4.74 Å². The highest BCUT2D eigenvalue weighted by Gasteiger charge is 2.21. The Morgan fingerprint density at radius 1 is 1.33 bits per heavy atom. The number of carbonyl (C=O) groups is 1. The van der Waals surface area contributed by atoms with Crippen molar-refractivity contribution >= 4 is 17.7 Å². The second kappa shape index (κ2) is 6.09. The Kier molecular flexibility index (Phi) is 4.47. The molecule has 0 unspecified atom stereocenters. The second-order valence-electron chi connectivity index (χ2n) is 4.22. The molecule has 1 aromatic heterocycles. The number of methoxy groups -OCH3 is 2. The first-order chi connectivity index (χ1) is 8.74. The maximum absolute atomic E-state index is 11.7. The third kappa shape index (κ3) is 2.96. The molecular weight excluding hydrogens is 250 g/mol. The van der Waals surface area contributed by atoms with E-state index in [0.717, 1.165) is 0 Å². The van der Waals surface area contributed by atoms with Gasteiger partial charge in [0.2, 0.25) is 5.88 Å². The Morgan fingerprint density at radius 3 is 2.67 bits per heavy atom. The minimum absolute atomic E-state index is 0.342. The highest BCUT2D eigenvalue weighted by atomic mass is 32.2. The molecule has 0 atom stereocenters. The zero-order valence-corrected chi connectivity index (χ0v) is 11.5. The van der Waals surface area contributed by atoms with Crippen molar-refractivity contribution in [1.82, 2.24) is 4.98 Å². The standard InChI is InChI=1S/C13H17NO3S/c1-16-11-8-7-10(13(15)17-2)12(14-11)18-9-5-3-4-6-9/h7-9H,3-6H2,1-2H3. The summed E-state index contributed by atoms with van der Waals surface area (Å²) in [7, 11) is 2.96. The molecule has 1 fully saturated rings. The fraction of sp³-hybridized carbons (Fsp3) is 0.538. The van der Waals surface area contributed by atoms with Gasteiger partial charge in [0.1, 0.15) is 5.03 Å². The van der Waals surface area contributed by atoms with Gasteiger partial charge in [-0.1, -0.05) is 12.8 Å². The molecule has 0 N–H and O–H groups in total. The average Bonchev–Trinajstić information content (AvgIpc) is 2.90. The summed E-state index contributed by atoms with van der Waals surface area (Å²) in [4.78, 5) is 16.1. The third-order valence-corrected chi connectivity index (χ3v) is 4.37. The first-order valence-electron chi connectivity index (χ1n) is 6.04. The van der Waals surface area contributed by atoms with Gasteiger partial charge < -0.3 is 9.47 Å². The summed E-state index contributed by atoms with van der Waals surface area (Å²) in [5, 5.41) is 1.26. The van der Waals surface area contributed by atoms with Gasteiger partial charge in [-0.15, -0.1) is 11.8 Å². The molecule has 1 aromatic rings. The quantitative estimate of drug-likeness (QED) is 0.785. The van der Waals surface area contributed by atoms with Gasteiger partial charge >= 0.3 is 5.97 Å². The second-order valence-corrected chi connectivity index (χ2v) is 5.51. The van der Waals surface area contributed by atoms with Crippen molar-refractivity contribution in [2.45, 2.75) is 36.0 Å². The third-order valence-electron chi connectivity index (χ3n) is 3.03. The molecule has 98 valence electrons. The number of nitrogens with zero attached hydrogens (tertiary/aromatic N) is 1. The van der Waals surface area contributed by atoms with Crippen LogP contribution in [0.15, 0.2) is 17.2 Å². The van der Waals surface area contributed by atoms with Gasteiger partial charge in [-0.25, -0.2) is 9.78 Å². The molecule has 0 saturated heterocycles. The van der Waals surface area contributed by atoms with Crippen LogP contribution in [0.3, 0.4) is 0 Å². The highest BCUT2D eigenvalue weighted by molar-refractivity contribution is 7.99. The van der Waals surface area contributed by atoms with Gasteiger partial charge in [0, 0.05) is 11.3 Å². The first-order valence-corrected chi connectivity index (χ1v) is 6.92. The topological polar surface area (TPSA) is 48.4 Å². The summed E-state index contributed by atoms with van der Waals surface area (Å²) in [6, 6.07) is 3.40. The maximum Gasteiger partial charge on any atom is 0.340 e. The lowest BCUT2D eigenvalue weighted by Crippen LogP contribution is -2.07.